The molecule has 0 aromatic rings. The maximum Gasteiger partial charge on any atom is 0.310 e. The molecule has 1 rings (SSSR count). The van der Waals surface area contributed by atoms with Crippen LogP contribution in [0, 0.1) is 23.2 Å². The molecule has 0 aromatic carbocycles. The molecule has 0 saturated heterocycles. The van der Waals surface area contributed by atoms with Gasteiger partial charge in [-0.2, -0.15) is 0 Å². The first kappa shape index (κ1) is 18.3. The Morgan fingerprint density at radius 2 is 1.81 bits per heavy atom. The molecule has 0 amide bonds. The zero-order valence-electron chi connectivity index (χ0n) is 15.0. The highest BCUT2D eigenvalue weighted by Crippen LogP contribution is 2.37. The van der Waals surface area contributed by atoms with Gasteiger partial charge in [-0.3, -0.25) is 4.79 Å². The maximum atomic E-state index is 12.1. The van der Waals surface area contributed by atoms with E-state index in [0.717, 1.165) is 18.8 Å². The average Bonchev–Trinajstić information content (AvgIpc) is 2.34. The predicted octanol–water partition coefficient (Wildman–Crippen LogP) is 5.37. The molecule has 1 atom stereocenters. The van der Waals surface area contributed by atoms with E-state index in [9.17, 15) is 4.79 Å². The molecule has 0 spiro atoms. The van der Waals surface area contributed by atoms with E-state index in [1.165, 1.54) is 12.0 Å². The van der Waals surface area contributed by atoms with Gasteiger partial charge in [-0.15, -0.1) is 0 Å². The summed E-state index contributed by atoms with van der Waals surface area (Å²) >= 11 is 0. The fraction of sp³-hybridized carbons (Fsp3) is 0.842. The standard InChI is InChI=1S/C19H34O2/c1-13(2)18(14(3)4)21-17(20)12-15-8-10-16(11-9-15)19(5,6)7/h8,13-14,16,18H,9-12H2,1-7H3. The second kappa shape index (κ2) is 7.47. The van der Waals surface area contributed by atoms with E-state index in [1.54, 1.807) is 0 Å². The Bertz CT molecular complexity index is 364. The molecule has 2 heteroatoms. The van der Waals surface area contributed by atoms with Crippen LogP contribution in [-0.2, 0) is 9.53 Å². The number of allylic oxidation sites excluding steroid dienone is 1. The molecule has 2 nitrogen and oxygen atoms in total. The van der Waals surface area contributed by atoms with Crippen LogP contribution in [0.25, 0.3) is 0 Å². The number of esters is 1. The normalized spacial score (nSPS) is 20.1. The second-order valence-electron chi connectivity index (χ2n) is 8.32. The Balaban J connectivity index is 2.51. The van der Waals surface area contributed by atoms with Gasteiger partial charge in [-0.05, 0) is 42.4 Å². The molecule has 0 heterocycles. The highest BCUT2D eigenvalue weighted by molar-refractivity contribution is 5.72. The lowest BCUT2D eigenvalue weighted by Gasteiger charge is -2.33. The first-order chi connectivity index (χ1) is 9.61. The van der Waals surface area contributed by atoms with Crippen molar-refractivity contribution in [1.82, 2.24) is 0 Å². The topological polar surface area (TPSA) is 26.3 Å². The maximum absolute atomic E-state index is 12.1. The van der Waals surface area contributed by atoms with Crippen molar-refractivity contribution in [2.45, 2.75) is 80.3 Å². The van der Waals surface area contributed by atoms with Crippen molar-refractivity contribution in [1.29, 1.82) is 0 Å². The quantitative estimate of drug-likeness (QED) is 0.503. The van der Waals surface area contributed by atoms with Gasteiger partial charge in [-0.25, -0.2) is 0 Å². The zero-order valence-corrected chi connectivity index (χ0v) is 15.0. The van der Waals surface area contributed by atoms with E-state index in [-0.39, 0.29) is 12.1 Å². The smallest absolute Gasteiger partial charge is 0.310 e. The summed E-state index contributed by atoms with van der Waals surface area (Å²) in [5.74, 6) is 1.43. The Hall–Kier alpha value is -0.790. The Morgan fingerprint density at radius 3 is 2.19 bits per heavy atom. The van der Waals surface area contributed by atoms with Crippen LogP contribution in [0.3, 0.4) is 0 Å². The third kappa shape index (κ3) is 5.84. The number of rotatable bonds is 5. The summed E-state index contributed by atoms with van der Waals surface area (Å²) in [5.41, 5.74) is 1.63. The molecule has 0 aromatic heterocycles. The molecule has 122 valence electrons. The summed E-state index contributed by atoms with van der Waals surface area (Å²) in [7, 11) is 0. The van der Waals surface area contributed by atoms with E-state index in [0.29, 0.717) is 23.7 Å². The summed E-state index contributed by atoms with van der Waals surface area (Å²) < 4.78 is 5.69. The van der Waals surface area contributed by atoms with Crippen molar-refractivity contribution >= 4 is 5.97 Å². The molecule has 0 aliphatic heterocycles. The summed E-state index contributed by atoms with van der Waals surface area (Å²) in [6.07, 6.45) is 6.13. The first-order valence-electron chi connectivity index (χ1n) is 8.48. The molecule has 0 saturated carbocycles. The predicted molar refractivity (Wildman–Crippen MR) is 89.1 cm³/mol. The minimum absolute atomic E-state index is 0.0315. The summed E-state index contributed by atoms with van der Waals surface area (Å²) in [6, 6.07) is 0. The molecule has 0 fully saturated rings. The van der Waals surface area contributed by atoms with Crippen molar-refractivity contribution in [3.8, 4) is 0 Å². The van der Waals surface area contributed by atoms with Crippen molar-refractivity contribution < 1.29 is 9.53 Å². The first-order valence-corrected chi connectivity index (χ1v) is 8.48. The lowest BCUT2D eigenvalue weighted by molar-refractivity contribution is -0.153. The van der Waals surface area contributed by atoms with E-state index in [2.05, 4.69) is 54.5 Å². The van der Waals surface area contributed by atoms with Crippen LogP contribution in [0.5, 0.6) is 0 Å². The fourth-order valence-electron chi connectivity index (χ4n) is 3.26. The SMILES string of the molecule is CC(C)C(OC(=O)CC1=CCC(C(C)(C)C)CC1)C(C)C. The minimum Gasteiger partial charge on any atom is -0.462 e. The number of ether oxygens (including phenoxy) is 1. The van der Waals surface area contributed by atoms with Gasteiger partial charge in [0.25, 0.3) is 0 Å². The number of carbonyl (C=O) groups is 1. The monoisotopic (exact) mass is 294 g/mol. The van der Waals surface area contributed by atoms with Gasteiger partial charge in [0.1, 0.15) is 6.10 Å². The number of hydrogen-bond acceptors (Lipinski definition) is 2. The van der Waals surface area contributed by atoms with Crippen molar-refractivity contribution in [3.05, 3.63) is 11.6 Å². The molecule has 1 aliphatic rings. The second-order valence-corrected chi connectivity index (χ2v) is 8.32. The van der Waals surface area contributed by atoms with Gasteiger partial charge in [0.15, 0.2) is 0 Å². The Morgan fingerprint density at radius 1 is 1.24 bits per heavy atom. The third-order valence-electron chi connectivity index (χ3n) is 4.68. The fourth-order valence-corrected chi connectivity index (χ4v) is 3.26. The van der Waals surface area contributed by atoms with Gasteiger partial charge < -0.3 is 4.74 Å². The molecule has 1 unspecified atom stereocenters. The van der Waals surface area contributed by atoms with Gasteiger partial charge in [0, 0.05) is 0 Å². The highest BCUT2D eigenvalue weighted by atomic mass is 16.5. The van der Waals surface area contributed by atoms with Crippen LogP contribution in [0.15, 0.2) is 11.6 Å². The largest absolute Gasteiger partial charge is 0.462 e. The summed E-state index contributed by atoms with van der Waals surface area (Å²) in [6.45, 7) is 15.4. The zero-order chi connectivity index (χ0) is 16.2. The van der Waals surface area contributed by atoms with Crippen LogP contribution >= 0.6 is 0 Å². The lowest BCUT2D eigenvalue weighted by atomic mass is 9.73. The number of hydrogen-bond donors (Lipinski definition) is 0. The van der Waals surface area contributed by atoms with E-state index in [1.807, 2.05) is 0 Å². The van der Waals surface area contributed by atoms with Crippen LogP contribution in [0.1, 0.15) is 74.1 Å². The van der Waals surface area contributed by atoms with E-state index in [4.69, 9.17) is 4.74 Å². The van der Waals surface area contributed by atoms with Crippen molar-refractivity contribution in [2.24, 2.45) is 23.2 Å². The molecular formula is C19H34O2. The van der Waals surface area contributed by atoms with Crippen LogP contribution in [0.2, 0.25) is 0 Å². The molecule has 0 bridgehead atoms. The van der Waals surface area contributed by atoms with Crippen molar-refractivity contribution in [3.63, 3.8) is 0 Å². The lowest BCUT2D eigenvalue weighted by Crippen LogP contribution is -2.29. The van der Waals surface area contributed by atoms with Gasteiger partial charge in [0.05, 0.1) is 6.42 Å². The van der Waals surface area contributed by atoms with Gasteiger partial charge >= 0.3 is 5.97 Å². The highest BCUT2D eigenvalue weighted by Gasteiger charge is 2.27. The van der Waals surface area contributed by atoms with E-state index < -0.39 is 0 Å². The van der Waals surface area contributed by atoms with Crippen LogP contribution < -0.4 is 0 Å². The number of carbonyl (C=O) groups excluding carboxylic acids is 1. The molecule has 0 N–H and O–H groups in total. The minimum atomic E-state index is -0.0529. The van der Waals surface area contributed by atoms with E-state index >= 15 is 0 Å². The third-order valence-corrected chi connectivity index (χ3v) is 4.68. The summed E-state index contributed by atoms with van der Waals surface area (Å²) in [4.78, 5) is 12.1. The van der Waals surface area contributed by atoms with Crippen LogP contribution in [-0.4, -0.2) is 12.1 Å². The molecule has 21 heavy (non-hydrogen) atoms. The van der Waals surface area contributed by atoms with Crippen LogP contribution in [0.4, 0.5) is 0 Å². The molecule has 1 aliphatic carbocycles. The van der Waals surface area contributed by atoms with Crippen molar-refractivity contribution in [2.75, 3.05) is 0 Å². The Kier molecular flexibility index (Phi) is 6.49. The van der Waals surface area contributed by atoms with Gasteiger partial charge in [-0.1, -0.05) is 60.1 Å². The molecule has 0 radical (unpaired) electrons. The van der Waals surface area contributed by atoms with Gasteiger partial charge in [0.2, 0.25) is 0 Å². The Labute approximate surface area is 131 Å². The summed E-state index contributed by atoms with van der Waals surface area (Å²) in [5, 5.41) is 0. The average molecular weight is 294 g/mol. The molecular weight excluding hydrogens is 260 g/mol.